The van der Waals surface area contributed by atoms with Gasteiger partial charge in [0.05, 0.1) is 6.61 Å². The van der Waals surface area contributed by atoms with E-state index < -0.39 is 12.5 Å². The lowest BCUT2D eigenvalue weighted by Gasteiger charge is -2.04. The number of aliphatic hydroxyl groups is 2. The maximum atomic E-state index is 10.2. The molecular formula is C4H9NO4. The van der Waals surface area contributed by atoms with E-state index in [0.29, 0.717) is 0 Å². The van der Waals surface area contributed by atoms with Gasteiger partial charge in [-0.2, -0.15) is 0 Å². The van der Waals surface area contributed by atoms with Gasteiger partial charge in [0.1, 0.15) is 0 Å². The van der Waals surface area contributed by atoms with Crippen LogP contribution in [0.3, 0.4) is 0 Å². The topological polar surface area (TPSA) is 78.8 Å². The number of amides is 1. The van der Waals surface area contributed by atoms with Crippen LogP contribution in [0.4, 0.5) is 4.79 Å². The third-order valence-corrected chi connectivity index (χ3v) is 0.522. The van der Waals surface area contributed by atoms with Crippen LogP contribution < -0.4 is 5.32 Å². The molecule has 0 radical (unpaired) electrons. The van der Waals surface area contributed by atoms with Crippen LogP contribution in [0, 0.1) is 0 Å². The van der Waals surface area contributed by atoms with E-state index in [0.717, 1.165) is 0 Å². The van der Waals surface area contributed by atoms with Crippen molar-refractivity contribution in [3.05, 3.63) is 0 Å². The van der Waals surface area contributed by atoms with Crippen LogP contribution in [0.5, 0.6) is 0 Å². The highest BCUT2D eigenvalue weighted by Crippen LogP contribution is 1.76. The summed E-state index contributed by atoms with van der Waals surface area (Å²) >= 11 is 0. The molecule has 3 N–H and O–H groups in total. The van der Waals surface area contributed by atoms with E-state index in [1.165, 1.54) is 0 Å². The van der Waals surface area contributed by atoms with Crippen LogP contribution in [0.15, 0.2) is 0 Å². The summed E-state index contributed by atoms with van der Waals surface area (Å²) in [6, 6.07) is 0. The molecule has 0 fully saturated rings. The molecule has 0 heterocycles. The molecule has 0 saturated carbocycles. The molecule has 1 amide bonds. The van der Waals surface area contributed by atoms with E-state index in [-0.39, 0.29) is 6.61 Å². The van der Waals surface area contributed by atoms with Crippen LogP contribution >= 0.6 is 0 Å². The Hall–Kier alpha value is -0.810. The minimum absolute atomic E-state index is 0.207. The summed E-state index contributed by atoms with van der Waals surface area (Å²) in [5, 5.41) is 17.9. The van der Waals surface area contributed by atoms with Crippen LogP contribution in [0.1, 0.15) is 6.92 Å². The Morgan fingerprint density at radius 3 is 2.67 bits per heavy atom. The smallest absolute Gasteiger partial charge is 0.411 e. The number of alkyl carbamates (subject to hydrolysis) is 1. The Balaban J connectivity index is 3.27. The lowest BCUT2D eigenvalue weighted by atomic mass is 10.8. The summed E-state index contributed by atoms with van der Waals surface area (Å²) in [7, 11) is 0. The lowest BCUT2D eigenvalue weighted by Crippen LogP contribution is -2.34. The first-order valence-electron chi connectivity index (χ1n) is 2.46. The number of nitrogens with one attached hydrogen (secondary N) is 1. The highest BCUT2D eigenvalue weighted by Gasteiger charge is 2.02. The molecule has 54 valence electrons. The summed E-state index contributed by atoms with van der Waals surface area (Å²) in [6.07, 6.45) is -2.68. The van der Waals surface area contributed by atoms with Crippen molar-refractivity contribution < 1.29 is 19.7 Å². The fourth-order valence-electron chi connectivity index (χ4n) is 0.278. The van der Waals surface area contributed by atoms with Crippen molar-refractivity contribution in [3.8, 4) is 0 Å². The average molecular weight is 135 g/mol. The Morgan fingerprint density at radius 2 is 2.33 bits per heavy atom. The summed E-state index contributed by atoms with van der Waals surface area (Å²) < 4.78 is 4.28. The summed E-state index contributed by atoms with van der Waals surface area (Å²) in [4.78, 5) is 10.2. The fourth-order valence-corrected chi connectivity index (χ4v) is 0.278. The Bertz CT molecular complexity index is 92.6. The predicted octanol–water partition coefficient (Wildman–Crippen LogP) is -0.999. The second kappa shape index (κ2) is 4.11. The molecule has 0 rings (SSSR count). The van der Waals surface area contributed by atoms with Gasteiger partial charge in [-0.3, -0.25) is 5.32 Å². The number of carbonyl (C=O) groups is 1. The predicted molar refractivity (Wildman–Crippen MR) is 28.4 cm³/mol. The molecule has 0 unspecified atom stereocenters. The molecule has 0 aliphatic rings. The molecule has 0 bridgehead atoms. The van der Waals surface area contributed by atoms with Gasteiger partial charge in [0.2, 0.25) is 6.41 Å². The van der Waals surface area contributed by atoms with E-state index in [1.807, 2.05) is 0 Å². The van der Waals surface area contributed by atoms with Gasteiger partial charge in [-0.25, -0.2) is 4.79 Å². The molecule has 0 spiro atoms. The van der Waals surface area contributed by atoms with Gasteiger partial charge in [-0.05, 0) is 6.92 Å². The highest BCUT2D eigenvalue weighted by atomic mass is 16.6. The van der Waals surface area contributed by atoms with Crippen molar-refractivity contribution in [2.45, 2.75) is 13.3 Å². The zero-order valence-electron chi connectivity index (χ0n) is 5.00. The average Bonchev–Trinajstić information content (AvgIpc) is 1.63. The lowest BCUT2D eigenvalue weighted by molar-refractivity contribution is -0.0617. The van der Waals surface area contributed by atoms with Crippen LogP contribution in [-0.2, 0) is 4.74 Å². The minimum atomic E-state index is -1.84. The molecule has 5 nitrogen and oxygen atoms in total. The molecule has 0 aromatic heterocycles. The second-order valence-corrected chi connectivity index (χ2v) is 1.24. The van der Waals surface area contributed by atoms with E-state index in [9.17, 15) is 4.79 Å². The van der Waals surface area contributed by atoms with E-state index in [4.69, 9.17) is 10.2 Å². The van der Waals surface area contributed by atoms with Crippen LogP contribution in [0.2, 0.25) is 0 Å². The first-order chi connectivity index (χ1) is 4.16. The van der Waals surface area contributed by atoms with Gasteiger partial charge in [0.25, 0.3) is 0 Å². The first kappa shape index (κ1) is 8.19. The number of hydrogen-bond acceptors (Lipinski definition) is 4. The normalized spacial score (nSPS) is 9.33. The van der Waals surface area contributed by atoms with Gasteiger partial charge in [0, 0.05) is 0 Å². The molecule has 0 aromatic rings. The first-order valence-corrected chi connectivity index (χ1v) is 2.46. The van der Waals surface area contributed by atoms with Gasteiger partial charge >= 0.3 is 6.09 Å². The maximum Gasteiger partial charge on any atom is 0.411 e. The largest absolute Gasteiger partial charge is 0.450 e. The van der Waals surface area contributed by atoms with Crippen molar-refractivity contribution in [3.63, 3.8) is 0 Å². The SMILES string of the molecule is CCOC(=O)NC(O)O. The number of aliphatic hydroxyl groups excluding tert-OH is 1. The standard InChI is InChI=1S/C4H9NO4/c1-2-9-4(8)5-3(6)7/h3,6-7H,2H2,1H3,(H,5,8). The Morgan fingerprint density at radius 1 is 1.78 bits per heavy atom. The Labute approximate surface area is 52.2 Å². The van der Waals surface area contributed by atoms with Crippen molar-refractivity contribution in [2.24, 2.45) is 0 Å². The van der Waals surface area contributed by atoms with E-state index in [2.05, 4.69) is 4.74 Å². The summed E-state index contributed by atoms with van der Waals surface area (Å²) in [5.74, 6) is 0. The monoisotopic (exact) mass is 135 g/mol. The number of ether oxygens (including phenoxy) is 1. The van der Waals surface area contributed by atoms with Gasteiger partial charge in [-0.15, -0.1) is 0 Å². The van der Waals surface area contributed by atoms with Crippen LogP contribution in [-0.4, -0.2) is 29.3 Å². The molecule has 5 heteroatoms. The second-order valence-electron chi connectivity index (χ2n) is 1.24. The zero-order valence-corrected chi connectivity index (χ0v) is 5.00. The number of carbonyl (C=O) groups excluding carboxylic acids is 1. The molecule has 9 heavy (non-hydrogen) atoms. The quantitative estimate of drug-likeness (QED) is 0.424. The van der Waals surface area contributed by atoms with Gasteiger partial charge < -0.3 is 14.9 Å². The van der Waals surface area contributed by atoms with E-state index in [1.54, 1.807) is 12.2 Å². The number of rotatable bonds is 2. The van der Waals surface area contributed by atoms with Gasteiger partial charge in [-0.1, -0.05) is 0 Å². The molecule has 0 atom stereocenters. The Kier molecular flexibility index (Phi) is 3.74. The third kappa shape index (κ3) is 5.05. The molecule has 0 saturated heterocycles. The molecule has 0 aromatic carbocycles. The third-order valence-electron chi connectivity index (χ3n) is 0.522. The van der Waals surface area contributed by atoms with Crippen molar-refractivity contribution in [1.29, 1.82) is 0 Å². The van der Waals surface area contributed by atoms with Gasteiger partial charge in [0.15, 0.2) is 0 Å². The van der Waals surface area contributed by atoms with Crippen molar-refractivity contribution >= 4 is 6.09 Å². The number of hydrogen-bond donors (Lipinski definition) is 3. The molecule has 0 aliphatic heterocycles. The van der Waals surface area contributed by atoms with Crippen molar-refractivity contribution in [1.82, 2.24) is 5.32 Å². The van der Waals surface area contributed by atoms with E-state index >= 15 is 0 Å². The van der Waals surface area contributed by atoms with Crippen LogP contribution in [0.25, 0.3) is 0 Å². The summed E-state index contributed by atoms with van der Waals surface area (Å²) in [5.41, 5.74) is 0. The summed E-state index contributed by atoms with van der Waals surface area (Å²) in [6.45, 7) is 1.82. The molecule has 0 aliphatic carbocycles. The minimum Gasteiger partial charge on any atom is -0.450 e. The fraction of sp³-hybridized carbons (Fsp3) is 0.750. The van der Waals surface area contributed by atoms with Crippen molar-refractivity contribution in [2.75, 3.05) is 6.61 Å². The zero-order chi connectivity index (χ0) is 7.28. The molecular weight excluding hydrogens is 126 g/mol. The maximum absolute atomic E-state index is 10.2. The highest BCUT2D eigenvalue weighted by molar-refractivity contribution is 5.66.